The highest BCUT2D eigenvalue weighted by atomic mass is 127. The molecule has 0 spiro atoms. The lowest BCUT2D eigenvalue weighted by Crippen LogP contribution is -2.42. The molecule has 0 aromatic heterocycles. The first-order valence-corrected chi connectivity index (χ1v) is 9.55. The van der Waals surface area contributed by atoms with Gasteiger partial charge in [-0.15, -0.1) is 24.0 Å². The van der Waals surface area contributed by atoms with Crippen LogP contribution in [0.1, 0.15) is 11.1 Å². The molecule has 0 fully saturated rings. The number of amides is 1. The zero-order valence-electron chi connectivity index (χ0n) is 17.2. The number of hydrogen-bond acceptors (Lipinski definition) is 3. The summed E-state index contributed by atoms with van der Waals surface area (Å²) in [5.74, 6) is 1.60. The Morgan fingerprint density at radius 1 is 1.17 bits per heavy atom. The molecule has 1 amide bonds. The van der Waals surface area contributed by atoms with E-state index in [1.807, 2.05) is 18.2 Å². The molecule has 1 aliphatic rings. The summed E-state index contributed by atoms with van der Waals surface area (Å²) in [5, 5.41) is 3.45. The molecule has 156 valence electrons. The van der Waals surface area contributed by atoms with E-state index in [0.29, 0.717) is 0 Å². The van der Waals surface area contributed by atoms with E-state index in [2.05, 4.69) is 45.5 Å². The van der Waals surface area contributed by atoms with E-state index in [1.165, 1.54) is 11.1 Å². The second-order valence-corrected chi connectivity index (χ2v) is 6.98. The van der Waals surface area contributed by atoms with E-state index in [9.17, 15) is 4.79 Å². The third-order valence-electron chi connectivity index (χ3n) is 4.86. The molecule has 0 saturated carbocycles. The molecule has 2 aromatic rings. The molecule has 0 radical (unpaired) electrons. The van der Waals surface area contributed by atoms with E-state index in [0.717, 1.165) is 43.3 Å². The second kappa shape index (κ2) is 11.0. The van der Waals surface area contributed by atoms with Gasteiger partial charge >= 0.3 is 0 Å². The largest absolute Gasteiger partial charge is 0.497 e. The van der Waals surface area contributed by atoms with Crippen molar-refractivity contribution in [2.75, 3.05) is 45.7 Å². The first-order valence-electron chi connectivity index (χ1n) is 9.55. The van der Waals surface area contributed by atoms with Crippen molar-refractivity contribution in [3.05, 3.63) is 59.7 Å². The number of carbonyl (C=O) groups excluding carboxylic acids is 1. The van der Waals surface area contributed by atoms with Crippen molar-refractivity contribution in [2.45, 2.75) is 12.8 Å². The third kappa shape index (κ3) is 6.09. The molecular formula is C22H29IN4O2. The zero-order valence-corrected chi connectivity index (χ0v) is 19.6. The molecule has 3 rings (SSSR count). The standard InChI is InChI=1S/C22H28N4O2.HI/c1-25(2)21(27)16-24-22(26-15-13-18-6-4-5-7-20(18)26)23-14-12-17-8-10-19(28-3)11-9-17;/h4-11H,12-16H2,1-3H3,(H,23,24);1H. The van der Waals surface area contributed by atoms with Gasteiger partial charge in [-0.3, -0.25) is 4.79 Å². The Morgan fingerprint density at radius 2 is 1.90 bits per heavy atom. The Labute approximate surface area is 190 Å². The molecule has 1 N–H and O–H groups in total. The van der Waals surface area contributed by atoms with E-state index in [1.54, 1.807) is 26.1 Å². The number of nitrogens with zero attached hydrogens (tertiary/aromatic N) is 3. The quantitative estimate of drug-likeness (QED) is 0.371. The number of halogens is 1. The molecule has 0 saturated heterocycles. The normalized spacial score (nSPS) is 12.8. The summed E-state index contributed by atoms with van der Waals surface area (Å²) in [6.07, 6.45) is 1.84. The summed E-state index contributed by atoms with van der Waals surface area (Å²) >= 11 is 0. The average Bonchev–Trinajstić information content (AvgIpc) is 3.14. The number of anilines is 1. The summed E-state index contributed by atoms with van der Waals surface area (Å²) in [6.45, 7) is 1.74. The number of carbonyl (C=O) groups is 1. The van der Waals surface area contributed by atoms with Crippen LogP contribution in [0.4, 0.5) is 5.69 Å². The highest BCUT2D eigenvalue weighted by Gasteiger charge is 2.22. The topological polar surface area (TPSA) is 57.2 Å². The number of para-hydroxylation sites is 1. The summed E-state index contributed by atoms with van der Waals surface area (Å²) in [4.78, 5) is 20.4. The number of methoxy groups -OCH3 is 1. The minimum absolute atomic E-state index is 0. The number of rotatable bonds is 6. The average molecular weight is 508 g/mol. The molecule has 0 aliphatic carbocycles. The number of hydrogen-bond donors (Lipinski definition) is 1. The Kier molecular flexibility index (Phi) is 8.75. The monoisotopic (exact) mass is 508 g/mol. The van der Waals surface area contributed by atoms with E-state index >= 15 is 0 Å². The summed E-state index contributed by atoms with van der Waals surface area (Å²) in [6, 6.07) is 16.4. The van der Waals surface area contributed by atoms with Crippen LogP contribution in [-0.4, -0.2) is 57.6 Å². The Morgan fingerprint density at radius 3 is 2.59 bits per heavy atom. The van der Waals surface area contributed by atoms with E-state index in [-0.39, 0.29) is 36.4 Å². The lowest BCUT2D eigenvalue weighted by Gasteiger charge is -2.23. The smallest absolute Gasteiger partial charge is 0.243 e. The number of likely N-dealkylation sites (N-methyl/N-ethyl adjacent to an activating group) is 1. The minimum atomic E-state index is -0.0121. The molecule has 6 nitrogen and oxygen atoms in total. The molecule has 7 heteroatoms. The highest BCUT2D eigenvalue weighted by Crippen LogP contribution is 2.27. The van der Waals surface area contributed by atoms with Gasteiger partial charge in [0.05, 0.1) is 7.11 Å². The van der Waals surface area contributed by atoms with Crippen molar-refractivity contribution in [1.82, 2.24) is 10.2 Å². The van der Waals surface area contributed by atoms with Gasteiger partial charge in [0.25, 0.3) is 0 Å². The van der Waals surface area contributed by atoms with Crippen LogP contribution >= 0.6 is 24.0 Å². The van der Waals surface area contributed by atoms with Crippen molar-refractivity contribution < 1.29 is 9.53 Å². The van der Waals surface area contributed by atoms with Gasteiger partial charge in [-0.05, 0) is 42.2 Å². The van der Waals surface area contributed by atoms with Gasteiger partial charge in [-0.2, -0.15) is 0 Å². The fourth-order valence-corrected chi connectivity index (χ4v) is 3.19. The first-order chi connectivity index (χ1) is 13.6. The van der Waals surface area contributed by atoms with Crippen LogP contribution in [-0.2, 0) is 17.6 Å². The summed E-state index contributed by atoms with van der Waals surface area (Å²) in [5.41, 5.74) is 3.69. The maximum atomic E-state index is 12.0. The number of guanidine groups is 1. The number of aliphatic imine (C=N–C) groups is 1. The lowest BCUT2D eigenvalue weighted by atomic mass is 10.1. The van der Waals surface area contributed by atoms with Gasteiger partial charge < -0.3 is 19.9 Å². The van der Waals surface area contributed by atoms with Crippen LogP contribution in [0.2, 0.25) is 0 Å². The van der Waals surface area contributed by atoms with Gasteiger partial charge in [0, 0.05) is 32.9 Å². The maximum Gasteiger partial charge on any atom is 0.243 e. The Bertz CT molecular complexity index is 837. The fourth-order valence-electron chi connectivity index (χ4n) is 3.19. The van der Waals surface area contributed by atoms with Crippen molar-refractivity contribution in [3.63, 3.8) is 0 Å². The predicted octanol–water partition coefficient (Wildman–Crippen LogP) is 2.95. The van der Waals surface area contributed by atoms with Crippen molar-refractivity contribution in [2.24, 2.45) is 4.99 Å². The van der Waals surface area contributed by atoms with Crippen molar-refractivity contribution >= 4 is 41.5 Å². The first kappa shape index (κ1) is 23.0. The molecule has 0 bridgehead atoms. The number of benzene rings is 2. The molecule has 1 heterocycles. The van der Waals surface area contributed by atoms with Gasteiger partial charge in [0.15, 0.2) is 5.96 Å². The molecule has 29 heavy (non-hydrogen) atoms. The minimum Gasteiger partial charge on any atom is -0.497 e. The van der Waals surface area contributed by atoms with Gasteiger partial charge in [0.1, 0.15) is 12.3 Å². The van der Waals surface area contributed by atoms with Crippen LogP contribution in [0.15, 0.2) is 53.5 Å². The van der Waals surface area contributed by atoms with Crippen molar-refractivity contribution in [1.29, 1.82) is 0 Å². The second-order valence-electron chi connectivity index (χ2n) is 6.98. The predicted molar refractivity (Wildman–Crippen MR) is 129 cm³/mol. The van der Waals surface area contributed by atoms with Crippen LogP contribution < -0.4 is 15.0 Å². The maximum absolute atomic E-state index is 12.0. The number of nitrogens with one attached hydrogen (secondary N) is 1. The Balaban J connectivity index is 0.00000300. The van der Waals surface area contributed by atoms with Gasteiger partial charge in [-0.1, -0.05) is 30.3 Å². The Hall–Kier alpha value is -2.29. The molecule has 0 unspecified atom stereocenters. The van der Waals surface area contributed by atoms with Crippen LogP contribution in [0.3, 0.4) is 0 Å². The van der Waals surface area contributed by atoms with Gasteiger partial charge in [0.2, 0.25) is 5.91 Å². The molecular weight excluding hydrogens is 479 g/mol. The van der Waals surface area contributed by atoms with Crippen LogP contribution in [0.5, 0.6) is 5.75 Å². The van der Waals surface area contributed by atoms with Crippen LogP contribution in [0.25, 0.3) is 0 Å². The zero-order chi connectivity index (χ0) is 19.9. The summed E-state index contributed by atoms with van der Waals surface area (Å²) in [7, 11) is 5.17. The van der Waals surface area contributed by atoms with E-state index < -0.39 is 0 Å². The van der Waals surface area contributed by atoms with Crippen LogP contribution in [0, 0.1) is 0 Å². The van der Waals surface area contributed by atoms with E-state index in [4.69, 9.17) is 4.74 Å². The molecule has 2 aromatic carbocycles. The number of ether oxygens (including phenoxy) is 1. The fraction of sp³-hybridized carbons (Fsp3) is 0.364. The van der Waals surface area contributed by atoms with Crippen molar-refractivity contribution in [3.8, 4) is 5.75 Å². The lowest BCUT2D eigenvalue weighted by molar-refractivity contribution is -0.127. The third-order valence-corrected chi connectivity index (χ3v) is 4.86. The SMILES string of the molecule is COc1ccc(CCNC(=NCC(=O)N(C)C)N2CCc3ccccc32)cc1.I. The number of fused-ring (bicyclic) bond motifs is 1. The molecule has 1 aliphatic heterocycles. The molecule has 0 atom stereocenters. The van der Waals surface area contributed by atoms with Gasteiger partial charge in [-0.25, -0.2) is 4.99 Å². The highest BCUT2D eigenvalue weighted by molar-refractivity contribution is 14.0. The summed E-state index contributed by atoms with van der Waals surface area (Å²) < 4.78 is 5.21.